The molecule has 2 fully saturated rings. The van der Waals surface area contributed by atoms with E-state index in [9.17, 15) is 24.6 Å². The zero-order chi connectivity index (χ0) is 17.0. The number of nitrogens with zero attached hydrogens (tertiary/aromatic N) is 1. The molecule has 2 N–H and O–H groups in total. The van der Waals surface area contributed by atoms with Crippen LogP contribution < -0.4 is 4.74 Å². The summed E-state index contributed by atoms with van der Waals surface area (Å²) in [4.78, 5) is 37.0. The molecule has 0 aromatic heterocycles. The van der Waals surface area contributed by atoms with Crippen molar-refractivity contribution in [2.75, 3.05) is 20.2 Å². The topological polar surface area (TPSA) is 104 Å². The van der Waals surface area contributed by atoms with Crippen LogP contribution in [0, 0.1) is 17.8 Å². The van der Waals surface area contributed by atoms with Crippen molar-refractivity contribution in [1.82, 2.24) is 4.90 Å². The normalized spacial score (nSPS) is 28.2. The average Bonchev–Trinajstić information content (AvgIpc) is 3.05. The van der Waals surface area contributed by atoms with Crippen molar-refractivity contribution >= 4 is 17.8 Å². The second-order valence-corrected chi connectivity index (χ2v) is 6.29. The monoisotopic (exact) mass is 319 g/mol. The molecule has 1 saturated carbocycles. The van der Waals surface area contributed by atoms with Crippen molar-refractivity contribution in [3.8, 4) is 5.75 Å². The molecule has 122 valence electrons. The van der Waals surface area contributed by atoms with Gasteiger partial charge in [-0.15, -0.1) is 0 Å². The number of amides is 1. The second-order valence-electron chi connectivity index (χ2n) is 6.29. The molecule has 0 radical (unpaired) electrons. The molecule has 0 spiro atoms. The fraction of sp³-hybridized carbons (Fsp3) is 0.438. The number of benzene rings is 1. The number of fused-ring (bicyclic) bond motifs is 1. The van der Waals surface area contributed by atoms with E-state index in [1.165, 1.54) is 12.0 Å². The van der Waals surface area contributed by atoms with Crippen LogP contribution in [0.2, 0.25) is 0 Å². The molecule has 2 aliphatic rings. The SMILES string of the molecule is COc1ccc(C(=O)N2C[C@@]3(C(=O)O)C[C@@]3(C(=O)O)C2)c(C)c1. The van der Waals surface area contributed by atoms with E-state index in [0.29, 0.717) is 16.9 Å². The van der Waals surface area contributed by atoms with Crippen LogP contribution in [-0.2, 0) is 9.59 Å². The van der Waals surface area contributed by atoms with Gasteiger partial charge in [0, 0.05) is 18.7 Å². The minimum atomic E-state index is -1.35. The number of rotatable bonds is 4. The van der Waals surface area contributed by atoms with E-state index in [-0.39, 0.29) is 25.4 Å². The van der Waals surface area contributed by atoms with E-state index < -0.39 is 22.8 Å². The Balaban J connectivity index is 1.89. The van der Waals surface area contributed by atoms with Crippen molar-refractivity contribution < 1.29 is 29.3 Å². The number of carboxylic acid groups (broad SMARTS) is 2. The summed E-state index contributed by atoms with van der Waals surface area (Å²) in [7, 11) is 1.53. The maximum atomic E-state index is 12.7. The van der Waals surface area contributed by atoms with E-state index in [2.05, 4.69) is 0 Å². The Morgan fingerprint density at radius 3 is 2.13 bits per heavy atom. The van der Waals surface area contributed by atoms with E-state index in [1.54, 1.807) is 25.1 Å². The molecule has 1 aliphatic heterocycles. The Morgan fingerprint density at radius 2 is 1.70 bits per heavy atom. The van der Waals surface area contributed by atoms with Gasteiger partial charge in [-0.2, -0.15) is 0 Å². The van der Waals surface area contributed by atoms with Crippen LogP contribution in [0.3, 0.4) is 0 Å². The lowest BCUT2D eigenvalue weighted by Gasteiger charge is -2.21. The Hall–Kier alpha value is -2.57. The standard InChI is InChI=1S/C16H17NO6/c1-9-5-10(23-2)3-4-11(9)12(18)17-7-15(13(19)20)6-16(15,8-17)14(21)22/h3-5H,6-8H2,1-2H3,(H,19,20)(H,21,22)/t15-,16+. The summed E-state index contributed by atoms with van der Waals surface area (Å²) in [5.41, 5.74) is -1.58. The molecule has 0 unspecified atom stereocenters. The number of hydrogen-bond acceptors (Lipinski definition) is 4. The first kappa shape index (κ1) is 15.3. The summed E-state index contributed by atoms with van der Waals surface area (Å²) in [5, 5.41) is 18.8. The number of hydrogen-bond donors (Lipinski definition) is 2. The van der Waals surface area contributed by atoms with E-state index >= 15 is 0 Å². The number of carbonyl (C=O) groups is 3. The minimum Gasteiger partial charge on any atom is -0.497 e. The predicted molar refractivity (Wildman–Crippen MR) is 78.4 cm³/mol. The molecule has 2 atom stereocenters. The number of piperidine rings is 1. The molecule has 1 aromatic carbocycles. The number of aliphatic carboxylic acids is 2. The van der Waals surface area contributed by atoms with Crippen LogP contribution in [0.5, 0.6) is 5.75 Å². The molecule has 7 heteroatoms. The van der Waals surface area contributed by atoms with Gasteiger partial charge in [-0.1, -0.05) is 0 Å². The molecule has 1 aromatic rings. The lowest BCUT2D eigenvalue weighted by molar-refractivity contribution is -0.151. The predicted octanol–water partition coefficient (Wildman–Crippen LogP) is 1.01. The van der Waals surface area contributed by atoms with Crippen LogP contribution >= 0.6 is 0 Å². The fourth-order valence-electron chi connectivity index (χ4n) is 3.61. The lowest BCUT2D eigenvalue weighted by Crippen LogP contribution is -2.34. The Labute approximate surface area is 132 Å². The van der Waals surface area contributed by atoms with Crippen molar-refractivity contribution in [1.29, 1.82) is 0 Å². The first-order valence-corrected chi connectivity index (χ1v) is 7.18. The average molecular weight is 319 g/mol. The van der Waals surface area contributed by atoms with E-state index in [4.69, 9.17) is 4.74 Å². The maximum absolute atomic E-state index is 12.7. The number of methoxy groups -OCH3 is 1. The summed E-state index contributed by atoms with van der Waals surface area (Å²) in [6.07, 6.45) is 0.0794. The number of carbonyl (C=O) groups excluding carboxylic acids is 1. The number of aryl methyl sites for hydroxylation is 1. The highest BCUT2D eigenvalue weighted by Gasteiger charge is 2.81. The summed E-state index contributed by atoms with van der Waals surface area (Å²) >= 11 is 0. The van der Waals surface area contributed by atoms with Crippen molar-refractivity contribution in [3.05, 3.63) is 29.3 Å². The molecule has 1 amide bonds. The first-order chi connectivity index (χ1) is 10.8. The fourth-order valence-corrected chi connectivity index (χ4v) is 3.61. The molecule has 1 heterocycles. The van der Waals surface area contributed by atoms with Crippen LogP contribution in [0.1, 0.15) is 22.3 Å². The van der Waals surface area contributed by atoms with Crippen molar-refractivity contribution in [2.24, 2.45) is 10.8 Å². The lowest BCUT2D eigenvalue weighted by atomic mass is 9.97. The summed E-state index contributed by atoms with van der Waals surface area (Å²) < 4.78 is 5.09. The number of carboxylic acids is 2. The Bertz CT molecular complexity index is 701. The van der Waals surface area contributed by atoms with Gasteiger partial charge in [0.1, 0.15) is 16.6 Å². The van der Waals surface area contributed by atoms with Gasteiger partial charge in [0.25, 0.3) is 5.91 Å². The summed E-state index contributed by atoms with van der Waals surface area (Å²) in [6, 6.07) is 4.97. The minimum absolute atomic E-state index is 0.0705. The Morgan fingerprint density at radius 1 is 1.13 bits per heavy atom. The van der Waals surface area contributed by atoms with Gasteiger partial charge in [-0.25, -0.2) is 0 Å². The van der Waals surface area contributed by atoms with Crippen LogP contribution in [0.25, 0.3) is 0 Å². The Kier molecular flexibility index (Phi) is 3.14. The quantitative estimate of drug-likeness (QED) is 0.858. The largest absolute Gasteiger partial charge is 0.497 e. The van der Waals surface area contributed by atoms with Gasteiger partial charge < -0.3 is 19.8 Å². The molecular formula is C16H17NO6. The highest BCUT2D eigenvalue weighted by molar-refractivity contribution is 6.00. The molecule has 1 aliphatic carbocycles. The third-order valence-corrected chi connectivity index (χ3v) is 5.09. The second kappa shape index (κ2) is 4.71. The first-order valence-electron chi connectivity index (χ1n) is 7.18. The van der Waals surface area contributed by atoms with Gasteiger partial charge in [0.05, 0.1) is 7.11 Å². The highest BCUT2D eigenvalue weighted by Crippen LogP contribution is 2.68. The van der Waals surface area contributed by atoms with Crippen LogP contribution in [-0.4, -0.2) is 53.2 Å². The zero-order valence-corrected chi connectivity index (χ0v) is 12.8. The molecule has 1 saturated heterocycles. The van der Waals surface area contributed by atoms with Crippen molar-refractivity contribution in [3.63, 3.8) is 0 Å². The number of likely N-dealkylation sites (tertiary alicyclic amines) is 1. The van der Waals surface area contributed by atoms with Gasteiger partial charge in [0.2, 0.25) is 0 Å². The van der Waals surface area contributed by atoms with Crippen LogP contribution in [0.15, 0.2) is 18.2 Å². The molecule has 3 rings (SSSR count). The van der Waals surface area contributed by atoms with E-state index in [1.807, 2.05) is 0 Å². The van der Waals surface area contributed by atoms with Gasteiger partial charge >= 0.3 is 11.9 Å². The molecular weight excluding hydrogens is 302 g/mol. The third-order valence-electron chi connectivity index (χ3n) is 5.09. The van der Waals surface area contributed by atoms with Crippen LogP contribution in [0.4, 0.5) is 0 Å². The summed E-state index contributed by atoms with van der Waals surface area (Å²) in [6.45, 7) is 1.62. The third kappa shape index (κ3) is 1.92. The van der Waals surface area contributed by atoms with Gasteiger partial charge in [0.15, 0.2) is 0 Å². The van der Waals surface area contributed by atoms with E-state index in [0.717, 1.165) is 0 Å². The smallest absolute Gasteiger partial charge is 0.312 e. The molecule has 23 heavy (non-hydrogen) atoms. The highest BCUT2D eigenvalue weighted by atomic mass is 16.5. The molecule has 0 bridgehead atoms. The van der Waals surface area contributed by atoms with Gasteiger partial charge in [-0.3, -0.25) is 14.4 Å². The van der Waals surface area contributed by atoms with Crippen molar-refractivity contribution in [2.45, 2.75) is 13.3 Å². The molecule has 7 nitrogen and oxygen atoms in total. The summed E-state index contributed by atoms with van der Waals surface area (Å²) in [5.74, 6) is -2.03. The maximum Gasteiger partial charge on any atom is 0.312 e. The zero-order valence-electron chi connectivity index (χ0n) is 12.8. The number of ether oxygens (including phenoxy) is 1. The van der Waals surface area contributed by atoms with Gasteiger partial charge in [-0.05, 0) is 37.1 Å².